The van der Waals surface area contributed by atoms with Crippen LogP contribution in [-0.2, 0) is 9.59 Å². The molecule has 0 aliphatic rings. The van der Waals surface area contributed by atoms with E-state index < -0.39 is 12.0 Å². The number of benzene rings is 2. The highest BCUT2D eigenvalue weighted by Crippen LogP contribution is 2.29. The fourth-order valence-corrected chi connectivity index (χ4v) is 2.85. The van der Waals surface area contributed by atoms with Gasteiger partial charge in [-0.15, -0.1) is 0 Å². The number of para-hydroxylation sites is 2. The lowest BCUT2D eigenvalue weighted by molar-refractivity contribution is -0.139. The topological polar surface area (TPSA) is 58.6 Å². The molecule has 0 aliphatic heterocycles. The van der Waals surface area contributed by atoms with Gasteiger partial charge in [0.1, 0.15) is 5.75 Å². The van der Waals surface area contributed by atoms with Gasteiger partial charge in [-0.3, -0.25) is 9.59 Å². The van der Waals surface area contributed by atoms with Gasteiger partial charge in [0.05, 0.1) is 27.3 Å². The Morgan fingerprint density at radius 3 is 2.23 bits per heavy atom. The largest absolute Gasteiger partial charge is 0.479 e. The highest BCUT2D eigenvalue weighted by atomic mass is 35.5. The van der Waals surface area contributed by atoms with Gasteiger partial charge >= 0.3 is 0 Å². The molecule has 1 atom stereocenters. The predicted octanol–water partition coefficient (Wildman–Crippen LogP) is 4.51. The summed E-state index contributed by atoms with van der Waals surface area (Å²) in [6, 6.07) is 11.7. The van der Waals surface area contributed by atoms with E-state index >= 15 is 0 Å². The molecule has 0 saturated carbocycles. The van der Waals surface area contributed by atoms with Crippen molar-refractivity contribution in [3.05, 3.63) is 57.5 Å². The van der Waals surface area contributed by atoms with Crippen molar-refractivity contribution in [2.45, 2.75) is 13.0 Å². The van der Waals surface area contributed by atoms with Crippen molar-refractivity contribution < 1.29 is 14.3 Å². The lowest BCUT2D eigenvalue weighted by atomic mass is 10.3. The minimum Gasteiger partial charge on any atom is -0.479 e. The molecule has 0 radical (unpaired) electrons. The van der Waals surface area contributed by atoms with Crippen LogP contribution in [0.25, 0.3) is 0 Å². The number of ether oxygens (including phenoxy) is 1. The molecule has 2 rings (SSSR count). The minimum absolute atomic E-state index is 0.184. The van der Waals surface area contributed by atoms with E-state index in [1.807, 2.05) is 0 Å². The second kappa shape index (κ2) is 9.12. The average Bonchev–Trinajstić information content (AvgIpc) is 2.59. The number of hydrogen-bond acceptors (Lipinski definition) is 3. The summed E-state index contributed by atoms with van der Waals surface area (Å²) in [5.74, 6) is -0.401. The highest BCUT2D eigenvalue weighted by Gasteiger charge is 2.22. The van der Waals surface area contributed by atoms with E-state index in [9.17, 15) is 9.59 Å². The van der Waals surface area contributed by atoms with Crippen molar-refractivity contribution in [3.63, 3.8) is 0 Å². The van der Waals surface area contributed by atoms with Crippen molar-refractivity contribution in [2.75, 3.05) is 18.9 Å². The van der Waals surface area contributed by atoms with Gasteiger partial charge in [0.25, 0.3) is 5.91 Å². The highest BCUT2D eigenvalue weighted by molar-refractivity contribution is 6.39. The van der Waals surface area contributed by atoms with E-state index in [1.165, 1.54) is 11.9 Å². The van der Waals surface area contributed by atoms with Crippen LogP contribution in [0.15, 0.2) is 42.5 Å². The van der Waals surface area contributed by atoms with Crippen LogP contribution in [-0.4, -0.2) is 36.4 Å². The van der Waals surface area contributed by atoms with Gasteiger partial charge in [-0.25, -0.2) is 0 Å². The molecule has 1 N–H and O–H groups in total. The number of anilines is 1. The monoisotopic (exact) mass is 414 g/mol. The van der Waals surface area contributed by atoms with E-state index in [-0.39, 0.29) is 12.5 Å². The van der Waals surface area contributed by atoms with Crippen LogP contribution in [0.2, 0.25) is 15.1 Å². The van der Waals surface area contributed by atoms with Crippen molar-refractivity contribution >= 4 is 52.3 Å². The van der Waals surface area contributed by atoms with Crippen LogP contribution in [0.4, 0.5) is 5.69 Å². The Morgan fingerprint density at radius 1 is 1.04 bits per heavy atom. The van der Waals surface area contributed by atoms with Crippen LogP contribution in [0.3, 0.4) is 0 Å². The summed E-state index contributed by atoms with van der Waals surface area (Å²) < 4.78 is 5.57. The smallest absolute Gasteiger partial charge is 0.263 e. The lowest BCUT2D eigenvalue weighted by Gasteiger charge is -2.22. The second-order valence-corrected chi connectivity index (χ2v) is 6.75. The Balaban J connectivity index is 1.95. The molecular formula is C18H17Cl3N2O3. The Hall–Kier alpha value is -1.95. The lowest BCUT2D eigenvalue weighted by Crippen LogP contribution is -2.42. The normalized spacial score (nSPS) is 11.6. The number of likely N-dealkylation sites (N-methyl/N-ethyl adjacent to an activating group) is 1. The third-order valence-electron chi connectivity index (χ3n) is 3.47. The molecule has 2 aromatic carbocycles. The van der Waals surface area contributed by atoms with Gasteiger partial charge in [0, 0.05) is 7.05 Å². The standard InChI is InChI=1S/C18H17Cl3N2O3/c1-11(26-15-9-4-3-6-12(15)19)18(25)23(2)10-16(24)22-17-13(20)7-5-8-14(17)21/h3-9,11H,10H2,1-2H3,(H,22,24). The van der Waals surface area contributed by atoms with Crippen molar-refractivity contribution in [2.24, 2.45) is 0 Å². The number of carbonyl (C=O) groups excluding carboxylic acids is 2. The molecule has 1 unspecified atom stereocenters. The van der Waals surface area contributed by atoms with Crippen LogP contribution < -0.4 is 10.1 Å². The van der Waals surface area contributed by atoms with E-state index in [0.29, 0.717) is 26.5 Å². The Morgan fingerprint density at radius 2 is 1.62 bits per heavy atom. The number of rotatable bonds is 6. The number of nitrogens with zero attached hydrogens (tertiary/aromatic N) is 1. The number of carbonyl (C=O) groups is 2. The predicted molar refractivity (Wildman–Crippen MR) is 104 cm³/mol. The maximum absolute atomic E-state index is 12.4. The Labute approximate surface area is 166 Å². The first-order valence-corrected chi connectivity index (χ1v) is 8.83. The number of amides is 2. The number of hydrogen-bond donors (Lipinski definition) is 1. The molecule has 2 aromatic rings. The average molecular weight is 416 g/mol. The molecular weight excluding hydrogens is 399 g/mol. The van der Waals surface area contributed by atoms with Crippen molar-refractivity contribution in [3.8, 4) is 5.75 Å². The zero-order valence-electron chi connectivity index (χ0n) is 14.1. The van der Waals surface area contributed by atoms with Crippen LogP contribution in [0, 0.1) is 0 Å². The molecule has 26 heavy (non-hydrogen) atoms. The third kappa shape index (κ3) is 5.27. The molecule has 138 valence electrons. The molecule has 0 aromatic heterocycles. The van der Waals surface area contributed by atoms with Crippen LogP contribution in [0.1, 0.15) is 6.92 Å². The molecule has 0 aliphatic carbocycles. The first kappa shape index (κ1) is 20.4. The number of halogens is 3. The Bertz CT molecular complexity index is 794. The SMILES string of the molecule is CC(Oc1ccccc1Cl)C(=O)N(C)CC(=O)Nc1c(Cl)cccc1Cl. The third-order valence-corrected chi connectivity index (χ3v) is 4.41. The fraction of sp³-hybridized carbons (Fsp3) is 0.222. The van der Waals surface area contributed by atoms with E-state index in [2.05, 4.69) is 5.32 Å². The van der Waals surface area contributed by atoms with Gasteiger partial charge in [-0.1, -0.05) is 53.0 Å². The molecule has 2 amide bonds. The minimum atomic E-state index is -0.809. The van der Waals surface area contributed by atoms with Gasteiger partial charge in [-0.2, -0.15) is 0 Å². The maximum Gasteiger partial charge on any atom is 0.263 e. The summed E-state index contributed by atoms with van der Waals surface area (Å²) in [6.45, 7) is 1.40. The summed E-state index contributed by atoms with van der Waals surface area (Å²) in [6.07, 6.45) is -0.809. The zero-order chi connectivity index (χ0) is 19.3. The van der Waals surface area contributed by atoms with Crippen molar-refractivity contribution in [1.29, 1.82) is 0 Å². The van der Waals surface area contributed by atoms with E-state index in [1.54, 1.807) is 49.4 Å². The first-order chi connectivity index (χ1) is 12.3. The second-order valence-electron chi connectivity index (χ2n) is 5.53. The van der Waals surface area contributed by atoms with E-state index in [4.69, 9.17) is 39.5 Å². The van der Waals surface area contributed by atoms with Crippen LogP contribution in [0.5, 0.6) is 5.75 Å². The fourth-order valence-electron chi connectivity index (χ4n) is 2.18. The molecule has 0 heterocycles. The van der Waals surface area contributed by atoms with Gasteiger partial charge in [-0.05, 0) is 31.2 Å². The molecule has 0 fully saturated rings. The molecule has 0 spiro atoms. The van der Waals surface area contributed by atoms with Gasteiger partial charge in [0.15, 0.2) is 6.10 Å². The summed E-state index contributed by atoms with van der Waals surface area (Å²) in [5, 5.41) is 3.64. The Kier molecular flexibility index (Phi) is 7.14. The molecule has 5 nitrogen and oxygen atoms in total. The maximum atomic E-state index is 12.4. The first-order valence-electron chi connectivity index (χ1n) is 7.69. The van der Waals surface area contributed by atoms with Gasteiger partial charge in [0.2, 0.25) is 5.91 Å². The van der Waals surface area contributed by atoms with E-state index in [0.717, 1.165) is 0 Å². The summed E-state index contributed by atoms with van der Waals surface area (Å²) in [5.41, 5.74) is 0.307. The molecule has 8 heteroatoms. The van der Waals surface area contributed by atoms with Crippen molar-refractivity contribution in [1.82, 2.24) is 4.90 Å². The summed E-state index contributed by atoms with van der Waals surface area (Å²) >= 11 is 18.0. The zero-order valence-corrected chi connectivity index (χ0v) is 16.4. The number of nitrogens with one attached hydrogen (secondary N) is 1. The summed E-state index contributed by atoms with van der Waals surface area (Å²) in [7, 11) is 1.50. The van der Waals surface area contributed by atoms with Gasteiger partial charge < -0.3 is 15.0 Å². The molecule has 0 bridgehead atoms. The quantitative estimate of drug-likeness (QED) is 0.755. The van der Waals surface area contributed by atoms with Crippen LogP contribution >= 0.6 is 34.8 Å². The summed E-state index contributed by atoms with van der Waals surface area (Å²) in [4.78, 5) is 25.8. The molecule has 0 saturated heterocycles.